The molecule has 3 rings (SSSR count). The van der Waals surface area contributed by atoms with Crippen LogP contribution >= 0.6 is 0 Å². The molecular formula is C19H35N3O. The molecule has 0 bridgehead atoms. The Balaban J connectivity index is 1.35. The van der Waals surface area contributed by atoms with Crippen LogP contribution in [0.25, 0.3) is 0 Å². The Morgan fingerprint density at radius 2 is 1.74 bits per heavy atom. The molecule has 3 fully saturated rings. The summed E-state index contributed by atoms with van der Waals surface area (Å²) in [6.07, 6.45) is 11.1. The Morgan fingerprint density at radius 3 is 2.39 bits per heavy atom. The highest BCUT2D eigenvalue weighted by Crippen LogP contribution is 2.27. The molecule has 1 unspecified atom stereocenters. The minimum atomic E-state index is 0.287. The van der Waals surface area contributed by atoms with Gasteiger partial charge in [0.15, 0.2) is 0 Å². The summed E-state index contributed by atoms with van der Waals surface area (Å²) < 4.78 is 0. The van der Waals surface area contributed by atoms with Crippen molar-refractivity contribution in [1.82, 2.24) is 15.5 Å². The van der Waals surface area contributed by atoms with Crippen LogP contribution in [-0.2, 0) is 4.79 Å². The molecule has 4 heteroatoms. The molecule has 1 atom stereocenters. The van der Waals surface area contributed by atoms with Crippen LogP contribution in [0.3, 0.4) is 0 Å². The molecule has 0 spiro atoms. The van der Waals surface area contributed by atoms with Crippen LogP contribution in [0.5, 0.6) is 0 Å². The van der Waals surface area contributed by atoms with Crippen molar-refractivity contribution in [2.45, 2.75) is 76.8 Å². The van der Waals surface area contributed by atoms with Crippen LogP contribution in [0.2, 0.25) is 0 Å². The standard InChI is InChI=1S/C19H35N3O/c1-15(16-6-10-20-11-7-16)14-19(23)21-17-8-12-22(13-9-17)18-4-2-3-5-18/h15-18,20H,2-14H2,1H3,(H,21,23). The molecule has 1 saturated carbocycles. The largest absolute Gasteiger partial charge is 0.353 e. The highest BCUT2D eigenvalue weighted by atomic mass is 16.1. The van der Waals surface area contributed by atoms with Crippen molar-refractivity contribution >= 4 is 5.91 Å². The Hall–Kier alpha value is -0.610. The van der Waals surface area contributed by atoms with Gasteiger partial charge in [-0.05, 0) is 63.5 Å². The number of likely N-dealkylation sites (tertiary alicyclic amines) is 1. The van der Waals surface area contributed by atoms with E-state index in [1.54, 1.807) is 0 Å². The third kappa shape index (κ3) is 4.93. The van der Waals surface area contributed by atoms with Gasteiger partial charge in [0.05, 0.1) is 0 Å². The fourth-order valence-corrected chi connectivity index (χ4v) is 4.84. The van der Waals surface area contributed by atoms with Gasteiger partial charge in [-0.25, -0.2) is 0 Å². The van der Waals surface area contributed by atoms with E-state index >= 15 is 0 Å². The number of rotatable bonds is 5. The van der Waals surface area contributed by atoms with Crippen LogP contribution in [0.4, 0.5) is 0 Å². The van der Waals surface area contributed by atoms with Crippen molar-refractivity contribution in [3.8, 4) is 0 Å². The highest BCUT2D eigenvalue weighted by Gasteiger charge is 2.28. The molecule has 1 amide bonds. The smallest absolute Gasteiger partial charge is 0.220 e. The van der Waals surface area contributed by atoms with E-state index in [9.17, 15) is 4.79 Å². The minimum Gasteiger partial charge on any atom is -0.353 e. The monoisotopic (exact) mass is 321 g/mol. The number of hydrogen-bond donors (Lipinski definition) is 2. The lowest BCUT2D eigenvalue weighted by Gasteiger charge is -2.36. The fraction of sp³-hybridized carbons (Fsp3) is 0.947. The van der Waals surface area contributed by atoms with E-state index in [2.05, 4.69) is 22.5 Å². The summed E-state index contributed by atoms with van der Waals surface area (Å²) in [5.74, 6) is 1.54. The molecule has 4 nitrogen and oxygen atoms in total. The first-order chi connectivity index (χ1) is 11.2. The molecule has 2 N–H and O–H groups in total. The average Bonchev–Trinajstić information content (AvgIpc) is 3.11. The predicted octanol–water partition coefficient (Wildman–Crippen LogP) is 2.54. The van der Waals surface area contributed by atoms with Gasteiger partial charge in [-0.3, -0.25) is 4.79 Å². The molecule has 0 radical (unpaired) electrons. The second kappa shape index (κ2) is 8.48. The van der Waals surface area contributed by atoms with Crippen molar-refractivity contribution in [3.63, 3.8) is 0 Å². The lowest BCUT2D eigenvalue weighted by Crippen LogP contribution is -2.47. The van der Waals surface area contributed by atoms with Gasteiger partial charge < -0.3 is 15.5 Å². The van der Waals surface area contributed by atoms with E-state index in [1.165, 1.54) is 51.6 Å². The number of carbonyl (C=O) groups is 1. The normalized spacial score (nSPS) is 27.2. The second-order valence-corrected chi connectivity index (χ2v) is 8.08. The second-order valence-electron chi connectivity index (χ2n) is 8.08. The number of nitrogens with zero attached hydrogens (tertiary/aromatic N) is 1. The summed E-state index contributed by atoms with van der Waals surface area (Å²) in [6, 6.07) is 1.26. The Labute approximate surface area is 141 Å². The number of hydrogen-bond acceptors (Lipinski definition) is 3. The SMILES string of the molecule is CC(CC(=O)NC1CCN(C2CCCC2)CC1)C1CCNCC1. The minimum absolute atomic E-state index is 0.287. The van der Waals surface area contributed by atoms with Crippen LogP contribution in [-0.4, -0.2) is 49.1 Å². The van der Waals surface area contributed by atoms with E-state index in [-0.39, 0.29) is 5.91 Å². The maximum atomic E-state index is 12.4. The fourth-order valence-electron chi connectivity index (χ4n) is 4.84. The first-order valence-electron chi connectivity index (χ1n) is 9.96. The quantitative estimate of drug-likeness (QED) is 0.818. The van der Waals surface area contributed by atoms with Gasteiger partial charge in [-0.1, -0.05) is 19.8 Å². The van der Waals surface area contributed by atoms with Gasteiger partial charge in [0.25, 0.3) is 0 Å². The van der Waals surface area contributed by atoms with Gasteiger partial charge in [0, 0.05) is 31.6 Å². The molecule has 2 heterocycles. The molecule has 132 valence electrons. The van der Waals surface area contributed by atoms with Gasteiger partial charge in [0.2, 0.25) is 5.91 Å². The Bertz CT molecular complexity index is 367. The summed E-state index contributed by atoms with van der Waals surface area (Å²) in [5, 5.41) is 6.73. The van der Waals surface area contributed by atoms with E-state index in [0.29, 0.717) is 18.4 Å². The highest BCUT2D eigenvalue weighted by molar-refractivity contribution is 5.76. The maximum absolute atomic E-state index is 12.4. The van der Waals surface area contributed by atoms with Crippen LogP contribution in [0, 0.1) is 11.8 Å². The molecule has 23 heavy (non-hydrogen) atoms. The van der Waals surface area contributed by atoms with Crippen LogP contribution in [0.15, 0.2) is 0 Å². The Morgan fingerprint density at radius 1 is 1.09 bits per heavy atom. The average molecular weight is 322 g/mol. The van der Waals surface area contributed by atoms with Gasteiger partial charge in [-0.15, -0.1) is 0 Å². The maximum Gasteiger partial charge on any atom is 0.220 e. The summed E-state index contributed by atoms with van der Waals surface area (Å²) >= 11 is 0. The van der Waals surface area contributed by atoms with Crippen molar-refractivity contribution in [2.24, 2.45) is 11.8 Å². The van der Waals surface area contributed by atoms with Gasteiger partial charge in [0.1, 0.15) is 0 Å². The molecule has 2 saturated heterocycles. The molecule has 0 aromatic rings. The third-order valence-corrected chi connectivity index (χ3v) is 6.43. The summed E-state index contributed by atoms with van der Waals surface area (Å²) in [7, 11) is 0. The van der Waals surface area contributed by atoms with Crippen molar-refractivity contribution < 1.29 is 4.79 Å². The van der Waals surface area contributed by atoms with Crippen molar-refractivity contribution in [3.05, 3.63) is 0 Å². The third-order valence-electron chi connectivity index (χ3n) is 6.43. The molecule has 1 aliphatic carbocycles. The topological polar surface area (TPSA) is 44.4 Å². The van der Waals surface area contributed by atoms with E-state index in [0.717, 1.165) is 37.9 Å². The zero-order valence-electron chi connectivity index (χ0n) is 14.9. The predicted molar refractivity (Wildman–Crippen MR) is 94.4 cm³/mol. The Kier molecular flexibility index (Phi) is 6.35. The molecule has 3 aliphatic rings. The molecule has 0 aromatic heterocycles. The zero-order valence-corrected chi connectivity index (χ0v) is 14.9. The lowest BCUT2D eigenvalue weighted by molar-refractivity contribution is -0.123. The van der Waals surface area contributed by atoms with E-state index < -0.39 is 0 Å². The summed E-state index contributed by atoms with van der Waals surface area (Å²) in [4.78, 5) is 15.0. The van der Waals surface area contributed by atoms with Crippen molar-refractivity contribution in [1.29, 1.82) is 0 Å². The molecule has 2 aliphatic heterocycles. The first-order valence-corrected chi connectivity index (χ1v) is 9.96. The van der Waals surface area contributed by atoms with E-state index in [1.807, 2.05) is 0 Å². The summed E-state index contributed by atoms with van der Waals surface area (Å²) in [5.41, 5.74) is 0. The van der Waals surface area contributed by atoms with Crippen LogP contribution < -0.4 is 10.6 Å². The lowest BCUT2D eigenvalue weighted by atomic mass is 9.84. The van der Waals surface area contributed by atoms with Crippen molar-refractivity contribution in [2.75, 3.05) is 26.2 Å². The zero-order chi connectivity index (χ0) is 16.1. The molecular weight excluding hydrogens is 286 g/mol. The number of nitrogens with one attached hydrogen (secondary N) is 2. The van der Waals surface area contributed by atoms with E-state index in [4.69, 9.17) is 0 Å². The van der Waals surface area contributed by atoms with Gasteiger partial charge in [-0.2, -0.15) is 0 Å². The number of carbonyl (C=O) groups excluding carboxylic acids is 1. The van der Waals surface area contributed by atoms with Gasteiger partial charge >= 0.3 is 0 Å². The number of amides is 1. The number of piperidine rings is 2. The van der Waals surface area contributed by atoms with Crippen LogP contribution in [0.1, 0.15) is 64.7 Å². The first kappa shape index (κ1) is 17.2. The summed E-state index contributed by atoms with van der Waals surface area (Å²) in [6.45, 7) is 6.86. The molecule has 0 aromatic carbocycles.